The van der Waals surface area contributed by atoms with Crippen molar-refractivity contribution in [1.82, 2.24) is 0 Å². The van der Waals surface area contributed by atoms with Gasteiger partial charge in [0, 0.05) is 0 Å². The van der Waals surface area contributed by atoms with E-state index in [0.717, 1.165) is 24.1 Å². The van der Waals surface area contributed by atoms with Crippen LogP contribution in [0.15, 0.2) is 59.3 Å². The molecule has 2 unspecified atom stereocenters. The van der Waals surface area contributed by atoms with Crippen molar-refractivity contribution in [3.8, 4) is 0 Å². The molecule has 2 atom stereocenters. The number of hydrogen-bond donors (Lipinski definition) is 0. The average molecular weight is 359 g/mol. The van der Waals surface area contributed by atoms with Gasteiger partial charge in [-0.2, -0.15) is 0 Å². The molecule has 0 aromatic heterocycles. The third kappa shape index (κ3) is 3.93. The topological polar surface area (TPSA) is 30.8 Å². The molecule has 0 saturated heterocycles. The molecule has 26 heavy (non-hydrogen) atoms. The van der Waals surface area contributed by atoms with Gasteiger partial charge < -0.3 is 9.57 Å². The van der Waals surface area contributed by atoms with Crippen molar-refractivity contribution in [2.75, 3.05) is 6.61 Å². The third-order valence-corrected chi connectivity index (χ3v) is 4.80. The average Bonchev–Trinajstić information content (AvgIpc) is 2.67. The lowest BCUT2D eigenvalue weighted by molar-refractivity contribution is -0.0885. The van der Waals surface area contributed by atoms with Crippen molar-refractivity contribution >= 4 is 5.71 Å². The molecule has 1 aliphatic heterocycles. The highest BCUT2D eigenvalue weighted by molar-refractivity contribution is 6.08. The molecule has 0 bridgehead atoms. The van der Waals surface area contributed by atoms with Crippen LogP contribution in [0.2, 0.25) is 0 Å². The van der Waals surface area contributed by atoms with E-state index in [9.17, 15) is 8.78 Å². The quantitative estimate of drug-likeness (QED) is 0.680. The third-order valence-electron chi connectivity index (χ3n) is 4.80. The first kappa shape index (κ1) is 18.5. The number of oxime groups is 1. The summed E-state index contributed by atoms with van der Waals surface area (Å²) in [7, 11) is 0. The van der Waals surface area contributed by atoms with Crippen LogP contribution in [-0.4, -0.2) is 17.9 Å². The molecule has 5 heteroatoms. The lowest BCUT2D eigenvalue weighted by Crippen LogP contribution is -2.36. The van der Waals surface area contributed by atoms with Crippen molar-refractivity contribution < 1.29 is 18.4 Å². The first-order valence-electron chi connectivity index (χ1n) is 8.91. The molecule has 1 aromatic carbocycles. The van der Waals surface area contributed by atoms with Gasteiger partial charge in [0.1, 0.15) is 17.3 Å². The predicted octanol–water partition coefficient (Wildman–Crippen LogP) is 5.41. The van der Waals surface area contributed by atoms with Crippen LogP contribution in [0.4, 0.5) is 8.78 Å². The zero-order valence-electron chi connectivity index (χ0n) is 15.0. The summed E-state index contributed by atoms with van der Waals surface area (Å²) in [4.78, 5) is 5.75. The van der Waals surface area contributed by atoms with Crippen molar-refractivity contribution in [3.05, 3.63) is 71.4 Å². The van der Waals surface area contributed by atoms with E-state index in [1.807, 2.05) is 31.2 Å². The Kier molecular flexibility index (Phi) is 5.67. The SMILES string of the molecule is CCC1(COC(C)c2c(F)cccc2F)C=CC(C2=CC=CCC2)=NO1. The summed E-state index contributed by atoms with van der Waals surface area (Å²) in [6.45, 7) is 3.75. The Morgan fingerprint density at radius 3 is 2.65 bits per heavy atom. The largest absolute Gasteiger partial charge is 0.382 e. The zero-order valence-corrected chi connectivity index (χ0v) is 15.0. The summed E-state index contributed by atoms with van der Waals surface area (Å²) >= 11 is 0. The Morgan fingerprint density at radius 2 is 2.08 bits per heavy atom. The number of ether oxygens (including phenoxy) is 1. The Hall–Kier alpha value is -2.27. The van der Waals surface area contributed by atoms with E-state index in [-0.39, 0.29) is 12.2 Å². The van der Waals surface area contributed by atoms with E-state index >= 15 is 0 Å². The van der Waals surface area contributed by atoms with Gasteiger partial charge in [0.05, 0.1) is 18.3 Å². The van der Waals surface area contributed by atoms with Gasteiger partial charge in [-0.05, 0) is 56.0 Å². The van der Waals surface area contributed by atoms with Crippen LogP contribution in [-0.2, 0) is 9.57 Å². The monoisotopic (exact) mass is 359 g/mol. The highest BCUT2D eigenvalue weighted by Gasteiger charge is 2.32. The normalized spacial score (nSPS) is 23.2. The van der Waals surface area contributed by atoms with Crippen molar-refractivity contribution in [1.29, 1.82) is 0 Å². The maximum absolute atomic E-state index is 13.9. The Balaban J connectivity index is 1.67. The molecule has 3 rings (SSSR count). The molecule has 0 saturated carbocycles. The van der Waals surface area contributed by atoms with Gasteiger partial charge in [-0.15, -0.1) is 0 Å². The van der Waals surface area contributed by atoms with Gasteiger partial charge in [0.25, 0.3) is 0 Å². The number of nitrogens with zero attached hydrogens (tertiary/aromatic N) is 1. The number of rotatable bonds is 6. The predicted molar refractivity (Wildman–Crippen MR) is 97.9 cm³/mol. The van der Waals surface area contributed by atoms with E-state index in [1.54, 1.807) is 6.92 Å². The van der Waals surface area contributed by atoms with Crippen LogP contribution in [0.5, 0.6) is 0 Å². The van der Waals surface area contributed by atoms with Gasteiger partial charge in [-0.25, -0.2) is 8.78 Å². The molecule has 2 aliphatic rings. The number of benzene rings is 1. The van der Waals surface area contributed by atoms with Gasteiger partial charge in [-0.3, -0.25) is 0 Å². The molecule has 0 amide bonds. The fourth-order valence-corrected chi connectivity index (χ4v) is 3.02. The Bertz CT molecular complexity index is 762. The fourth-order valence-electron chi connectivity index (χ4n) is 3.02. The summed E-state index contributed by atoms with van der Waals surface area (Å²) in [5.74, 6) is -1.22. The van der Waals surface area contributed by atoms with Crippen molar-refractivity contribution in [2.24, 2.45) is 5.16 Å². The summed E-state index contributed by atoms with van der Waals surface area (Å²) in [5.41, 5.74) is 1.15. The Labute approximate surface area is 152 Å². The van der Waals surface area contributed by atoms with E-state index in [0.29, 0.717) is 6.42 Å². The van der Waals surface area contributed by atoms with Gasteiger partial charge >= 0.3 is 0 Å². The number of hydrogen-bond acceptors (Lipinski definition) is 3. The molecule has 1 aliphatic carbocycles. The molecule has 0 fully saturated rings. The molecule has 1 heterocycles. The van der Waals surface area contributed by atoms with Crippen LogP contribution in [0.1, 0.15) is 44.8 Å². The molecule has 138 valence electrons. The van der Waals surface area contributed by atoms with E-state index < -0.39 is 23.3 Å². The molecule has 0 radical (unpaired) electrons. The van der Waals surface area contributed by atoms with Crippen molar-refractivity contribution in [2.45, 2.75) is 44.8 Å². The Morgan fingerprint density at radius 1 is 1.31 bits per heavy atom. The second kappa shape index (κ2) is 7.96. The van der Waals surface area contributed by atoms with Gasteiger partial charge in [0.15, 0.2) is 5.60 Å². The summed E-state index contributed by atoms with van der Waals surface area (Å²) in [5, 5.41) is 4.26. The van der Waals surface area contributed by atoms with Gasteiger partial charge in [-0.1, -0.05) is 36.4 Å². The standard InChI is InChI=1S/C21H23F2NO2/c1-3-21(13-12-19(24-26-21)16-8-5-4-6-9-16)14-25-15(2)20-17(22)10-7-11-18(20)23/h4-5,7-8,10-13,15H,3,6,9,14H2,1-2H3. The molecular formula is C21H23F2NO2. The zero-order chi connectivity index (χ0) is 18.6. The second-order valence-corrected chi connectivity index (χ2v) is 6.57. The van der Waals surface area contributed by atoms with Crippen LogP contribution < -0.4 is 0 Å². The minimum atomic E-state index is -0.732. The summed E-state index contributed by atoms with van der Waals surface area (Å²) in [6.07, 6.45) is 11.9. The molecule has 0 N–H and O–H groups in total. The van der Waals surface area contributed by atoms with Crippen molar-refractivity contribution in [3.63, 3.8) is 0 Å². The maximum atomic E-state index is 13.9. The summed E-state index contributed by atoms with van der Waals surface area (Å²) in [6, 6.07) is 3.80. The van der Waals surface area contributed by atoms with E-state index in [4.69, 9.17) is 9.57 Å². The number of allylic oxidation sites excluding steroid dienone is 5. The highest BCUT2D eigenvalue weighted by atomic mass is 19.1. The minimum Gasteiger partial charge on any atom is -0.382 e. The lowest BCUT2D eigenvalue weighted by Gasteiger charge is -2.31. The molecule has 0 spiro atoms. The second-order valence-electron chi connectivity index (χ2n) is 6.57. The van der Waals surface area contributed by atoms with Gasteiger partial charge in [0.2, 0.25) is 0 Å². The molecule has 1 aromatic rings. The van der Waals surface area contributed by atoms with Crippen LogP contribution >= 0.6 is 0 Å². The minimum absolute atomic E-state index is 0.0677. The molecular weight excluding hydrogens is 336 g/mol. The fraction of sp³-hybridized carbons (Fsp3) is 0.381. The maximum Gasteiger partial charge on any atom is 0.179 e. The smallest absolute Gasteiger partial charge is 0.179 e. The van der Waals surface area contributed by atoms with Crippen LogP contribution in [0.25, 0.3) is 0 Å². The highest BCUT2D eigenvalue weighted by Crippen LogP contribution is 2.29. The molecule has 3 nitrogen and oxygen atoms in total. The summed E-state index contributed by atoms with van der Waals surface area (Å²) < 4.78 is 33.6. The van der Waals surface area contributed by atoms with E-state index in [2.05, 4.69) is 11.2 Å². The first-order chi connectivity index (χ1) is 12.5. The van der Waals surface area contributed by atoms with Crippen LogP contribution in [0.3, 0.4) is 0 Å². The number of halogens is 2. The first-order valence-corrected chi connectivity index (χ1v) is 8.91. The van der Waals surface area contributed by atoms with Crippen LogP contribution in [0, 0.1) is 11.6 Å². The van der Waals surface area contributed by atoms with E-state index in [1.165, 1.54) is 18.2 Å². The lowest BCUT2D eigenvalue weighted by atomic mass is 9.95.